The Morgan fingerprint density at radius 1 is 1.10 bits per heavy atom. The van der Waals surface area contributed by atoms with Gasteiger partial charge in [-0.15, -0.1) is 0 Å². The van der Waals surface area contributed by atoms with Gasteiger partial charge in [-0.05, 0) is 46.2 Å². The smallest absolute Gasteiger partial charge is 0.269 e. The maximum absolute atomic E-state index is 10.6. The molecule has 0 aromatic heterocycles. The molecule has 0 aliphatic heterocycles. The predicted molar refractivity (Wildman–Crippen MR) is 86.6 cm³/mol. The van der Waals surface area contributed by atoms with Crippen molar-refractivity contribution in [2.75, 3.05) is 19.6 Å². The Hall–Kier alpha value is -1.46. The molecule has 0 atom stereocenters. The number of nitrogens with one attached hydrogen (secondary N) is 1. The van der Waals surface area contributed by atoms with Gasteiger partial charge in [0.25, 0.3) is 5.69 Å². The highest BCUT2D eigenvalue weighted by Crippen LogP contribution is 2.11. The lowest BCUT2D eigenvalue weighted by Gasteiger charge is -2.30. The molecule has 0 saturated carbocycles. The maximum atomic E-state index is 10.6. The number of hydrogen-bond acceptors (Lipinski definition) is 4. The van der Waals surface area contributed by atoms with E-state index in [2.05, 4.69) is 37.9 Å². The molecular formula is C16H27N3O2. The first-order valence-corrected chi connectivity index (χ1v) is 7.61. The van der Waals surface area contributed by atoms with Gasteiger partial charge in [-0.2, -0.15) is 0 Å². The van der Waals surface area contributed by atoms with Crippen molar-refractivity contribution in [2.24, 2.45) is 0 Å². The highest BCUT2D eigenvalue weighted by Gasteiger charge is 2.12. The normalized spacial score (nSPS) is 11.6. The first-order chi connectivity index (χ1) is 9.91. The Morgan fingerprint density at radius 3 is 2.14 bits per heavy atom. The summed E-state index contributed by atoms with van der Waals surface area (Å²) < 4.78 is 0. The van der Waals surface area contributed by atoms with Gasteiger partial charge in [-0.1, -0.05) is 12.1 Å². The lowest BCUT2D eigenvalue weighted by Crippen LogP contribution is -2.41. The van der Waals surface area contributed by atoms with Crippen molar-refractivity contribution in [3.8, 4) is 0 Å². The van der Waals surface area contributed by atoms with Crippen LogP contribution in [0.1, 0.15) is 33.3 Å². The van der Waals surface area contributed by atoms with Gasteiger partial charge < -0.3 is 5.32 Å². The first-order valence-electron chi connectivity index (χ1n) is 7.61. The molecule has 1 aromatic carbocycles. The zero-order valence-electron chi connectivity index (χ0n) is 13.5. The van der Waals surface area contributed by atoms with Crippen molar-refractivity contribution in [1.29, 1.82) is 0 Å². The van der Waals surface area contributed by atoms with E-state index < -0.39 is 0 Å². The monoisotopic (exact) mass is 293 g/mol. The van der Waals surface area contributed by atoms with Gasteiger partial charge in [-0.25, -0.2) is 0 Å². The lowest BCUT2D eigenvalue weighted by molar-refractivity contribution is -0.384. The van der Waals surface area contributed by atoms with E-state index >= 15 is 0 Å². The molecule has 1 rings (SSSR count). The Labute approximate surface area is 127 Å². The van der Waals surface area contributed by atoms with E-state index in [4.69, 9.17) is 0 Å². The standard InChI is InChI=1S/C16H27N3O2/c1-13(2)18(14(3)4)12-11-17-10-9-15-5-7-16(8-6-15)19(20)21/h5-8,13-14,17H,9-12H2,1-4H3. The molecular weight excluding hydrogens is 266 g/mol. The summed E-state index contributed by atoms with van der Waals surface area (Å²) in [5, 5.41) is 14.0. The Balaban J connectivity index is 2.26. The average Bonchev–Trinajstić information content (AvgIpc) is 2.42. The Bertz CT molecular complexity index is 422. The highest BCUT2D eigenvalue weighted by molar-refractivity contribution is 5.32. The van der Waals surface area contributed by atoms with Crippen molar-refractivity contribution in [2.45, 2.75) is 46.2 Å². The molecule has 1 N–H and O–H groups in total. The van der Waals surface area contributed by atoms with E-state index in [0.717, 1.165) is 31.6 Å². The molecule has 0 aliphatic rings. The third kappa shape index (κ3) is 6.23. The molecule has 0 bridgehead atoms. The van der Waals surface area contributed by atoms with Crippen LogP contribution in [0.3, 0.4) is 0 Å². The van der Waals surface area contributed by atoms with Gasteiger partial charge in [0.15, 0.2) is 0 Å². The summed E-state index contributed by atoms with van der Waals surface area (Å²) in [5.74, 6) is 0. The minimum absolute atomic E-state index is 0.149. The second-order valence-electron chi connectivity index (χ2n) is 5.85. The fourth-order valence-electron chi connectivity index (χ4n) is 2.46. The summed E-state index contributed by atoms with van der Waals surface area (Å²) in [6.45, 7) is 11.8. The molecule has 0 saturated heterocycles. The quantitative estimate of drug-likeness (QED) is 0.432. The molecule has 0 aliphatic carbocycles. The zero-order chi connectivity index (χ0) is 15.8. The number of nitro benzene ring substituents is 1. The van der Waals surface area contributed by atoms with Gasteiger partial charge in [0, 0.05) is 37.3 Å². The van der Waals surface area contributed by atoms with Crippen molar-refractivity contribution >= 4 is 5.69 Å². The lowest BCUT2D eigenvalue weighted by atomic mass is 10.1. The summed E-state index contributed by atoms with van der Waals surface area (Å²) in [4.78, 5) is 12.7. The van der Waals surface area contributed by atoms with Crippen molar-refractivity contribution in [1.82, 2.24) is 10.2 Å². The minimum Gasteiger partial charge on any atom is -0.315 e. The molecule has 0 amide bonds. The predicted octanol–water partition coefficient (Wildman–Crippen LogP) is 2.85. The molecule has 0 unspecified atom stereocenters. The van der Waals surface area contributed by atoms with Crippen LogP contribution in [-0.2, 0) is 6.42 Å². The van der Waals surface area contributed by atoms with Crippen LogP contribution >= 0.6 is 0 Å². The molecule has 0 spiro atoms. The van der Waals surface area contributed by atoms with E-state index in [9.17, 15) is 10.1 Å². The molecule has 0 fully saturated rings. The molecule has 21 heavy (non-hydrogen) atoms. The third-order valence-corrected chi connectivity index (χ3v) is 3.61. The molecule has 0 radical (unpaired) electrons. The number of rotatable bonds is 9. The fraction of sp³-hybridized carbons (Fsp3) is 0.625. The van der Waals surface area contributed by atoms with E-state index in [-0.39, 0.29) is 10.6 Å². The number of hydrogen-bond donors (Lipinski definition) is 1. The van der Waals surface area contributed by atoms with Gasteiger partial charge in [0.2, 0.25) is 0 Å². The second-order valence-corrected chi connectivity index (χ2v) is 5.85. The van der Waals surface area contributed by atoms with Crippen molar-refractivity contribution in [3.63, 3.8) is 0 Å². The van der Waals surface area contributed by atoms with E-state index in [0.29, 0.717) is 12.1 Å². The van der Waals surface area contributed by atoms with E-state index in [1.165, 1.54) is 0 Å². The maximum Gasteiger partial charge on any atom is 0.269 e. The highest BCUT2D eigenvalue weighted by atomic mass is 16.6. The molecule has 118 valence electrons. The van der Waals surface area contributed by atoms with Gasteiger partial charge in [-0.3, -0.25) is 15.0 Å². The van der Waals surface area contributed by atoms with Crippen LogP contribution in [-0.4, -0.2) is 41.5 Å². The summed E-state index contributed by atoms with van der Waals surface area (Å²) in [6, 6.07) is 7.90. The fourth-order valence-corrected chi connectivity index (χ4v) is 2.46. The van der Waals surface area contributed by atoms with Crippen LogP contribution in [0.15, 0.2) is 24.3 Å². The molecule has 1 aromatic rings. The number of benzene rings is 1. The van der Waals surface area contributed by atoms with Crippen LogP contribution < -0.4 is 5.32 Å². The third-order valence-electron chi connectivity index (χ3n) is 3.61. The first kappa shape index (κ1) is 17.6. The summed E-state index contributed by atoms with van der Waals surface area (Å²) in [5.41, 5.74) is 1.27. The summed E-state index contributed by atoms with van der Waals surface area (Å²) in [6.07, 6.45) is 0.890. The molecule has 5 heteroatoms. The summed E-state index contributed by atoms with van der Waals surface area (Å²) >= 11 is 0. The Morgan fingerprint density at radius 2 is 1.67 bits per heavy atom. The minimum atomic E-state index is -0.367. The van der Waals surface area contributed by atoms with E-state index in [1.807, 2.05) is 12.1 Å². The van der Waals surface area contributed by atoms with Crippen LogP contribution in [0.4, 0.5) is 5.69 Å². The topological polar surface area (TPSA) is 58.4 Å². The van der Waals surface area contributed by atoms with Crippen LogP contribution in [0, 0.1) is 10.1 Å². The van der Waals surface area contributed by atoms with Gasteiger partial charge >= 0.3 is 0 Å². The van der Waals surface area contributed by atoms with Crippen LogP contribution in [0.2, 0.25) is 0 Å². The summed E-state index contributed by atoms with van der Waals surface area (Å²) in [7, 11) is 0. The van der Waals surface area contributed by atoms with Crippen molar-refractivity contribution in [3.05, 3.63) is 39.9 Å². The van der Waals surface area contributed by atoms with Crippen LogP contribution in [0.5, 0.6) is 0 Å². The average molecular weight is 293 g/mol. The van der Waals surface area contributed by atoms with Crippen LogP contribution in [0.25, 0.3) is 0 Å². The number of non-ortho nitro benzene ring substituents is 1. The Kier molecular flexibility index (Phi) is 7.32. The SMILES string of the molecule is CC(C)N(CCNCCc1ccc([N+](=O)[O-])cc1)C(C)C. The zero-order valence-corrected chi connectivity index (χ0v) is 13.5. The number of nitrogens with zero attached hydrogens (tertiary/aromatic N) is 2. The second kappa shape index (κ2) is 8.74. The molecule has 0 heterocycles. The number of nitro groups is 1. The molecule has 5 nitrogen and oxygen atoms in total. The van der Waals surface area contributed by atoms with Crippen molar-refractivity contribution < 1.29 is 4.92 Å². The van der Waals surface area contributed by atoms with Gasteiger partial charge in [0.05, 0.1) is 4.92 Å². The van der Waals surface area contributed by atoms with E-state index in [1.54, 1.807) is 12.1 Å². The largest absolute Gasteiger partial charge is 0.315 e. The van der Waals surface area contributed by atoms with Gasteiger partial charge in [0.1, 0.15) is 0 Å².